The van der Waals surface area contributed by atoms with Gasteiger partial charge in [0.2, 0.25) is 5.91 Å². The highest BCUT2D eigenvalue weighted by Gasteiger charge is 2.44. The average molecular weight is 415 g/mol. The molecule has 1 fully saturated rings. The van der Waals surface area contributed by atoms with Crippen LogP contribution in [0.3, 0.4) is 0 Å². The number of hydrogen-bond donors (Lipinski definition) is 0. The Hall–Kier alpha value is -1.89. The Balaban J connectivity index is 1.49. The molecule has 4 nitrogen and oxygen atoms in total. The van der Waals surface area contributed by atoms with Crippen molar-refractivity contribution in [3.05, 3.63) is 65.0 Å². The van der Waals surface area contributed by atoms with Crippen LogP contribution < -0.4 is 0 Å². The van der Waals surface area contributed by atoms with Gasteiger partial charge < -0.3 is 9.64 Å². The van der Waals surface area contributed by atoms with Crippen molar-refractivity contribution in [3.8, 4) is 0 Å². The summed E-state index contributed by atoms with van der Waals surface area (Å²) in [6, 6.07) is 13.2. The highest BCUT2D eigenvalue weighted by atomic mass is 32.2. The van der Waals surface area contributed by atoms with Gasteiger partial charge in [0.15, 0.2) is 0 Å². The summed E-state index contributed by atoms with van der Waals surface area (Å²) in [5.74, 6) is 0.0339. The largest absolute Gasteiger partial charge is 0.377 e. The van der Waals surface area contributed by atoms with Crippen molar-refractivity contribution in [2.24, 2.45) is 5.92 Å². The third-order valence-electron chi connectivity index (χ3n) is 5.90. The van der Waals surface area contributed by atoms with Gasteiger partial charge in [0.25, 0.3) is 0 Å². The van der Waals surface area contributed by atoms with Crippen LogP contribution in [0.1, 0.15) is 30.5 Å². The van der Waals surface area contributed by atoms with E-state index in [9.17, 15) is 9.18 Å². The Kier molecular flexibility index (Phi) is 5.69. The topological polar surface area (TPSA) is 32.8 Å². The molecule has 0 atom stereocenters. The number of ether oxygens (including phenoxy) is 1. The van der Waals surface area contributed by atoms with Crippen LogP contribution in [0.5, 0.6) is 0 Å². The quantitative estimate of drug-likeness (QED) is 0.686. The predicted octanol–water partition coefficient (Wildman–Crippen LogP) is 4.23. The van der Waals surface area contributed by atoms with E-state index in [0.717, 1.165) is 18.5 Å². The van der Waals surface area contributed by atoms with Gasteiger partial charge in [0.05, 0.1) is 13.2 Å². The van der Waals surface area contributed by atoms with Crippen LogP contribution in [-0.4, -0.2) is 41.9 Å². The van der Waals surface area contributed by atoms with Gasteiger partial charge in [-0.15, -0.1) is 0 Å². The standard InChI is InChI=1S/C23H27FN2O2S/c1-16(2)22(27)26-11-10-17-12-21(9-4-18(17)13-26)29-25(3)23(14-28-15-23)19-5-7-20(24)8-6-19/h4-9,12,16H,10-11,13-15H2,1-3H3. The molecule has 0 bridgehead atoms. The molecule has 4 rings (SSSR count). The van der Waals surface area contributed by atoms with Crippen molar-refractivity contribution >= 4 is 17.9 Å². The molecule has 29 heavy (non-hydrogen) atoms. The van der Waals surface area contributed by atoms with Crippen LogP contribution >= 0.6 is 11.9 Å². The third kappa shape index (κ3) is 3.93. The van der Waals surface area contributed by atoms with E-state index < -0.39 is 0 Å². The molecule has 0 aliphatic carbocycles. The lowest BCUT2D eigenvalue weighted by Gasteiger charge is -2.47. The van der Waals surface area contributed by atoms with Gasteiger partial charge in [-0.2, -0.15) is 0 Å². The summed E-state index contributed by atoms with van der Waals surface area (Å²) >= 11 is 1.69. The maximum Gasteiger partial charge on any atom is 0.225 e. The van der Waals surface area contributed by atoms with Gasteiger partial charge in [0.1, 0.15) is 11.4 Å². The maximum atomic E-state index is 13.4. The van der Waals surface area contributed by atoms with Crippen molar-refractivity contribution < 1.29 is 13.9 Å². The van der Waals surface area contributed by atoms with Gasteiger partial charge in [-0.25, -0.2) is 8.70 Å². The van der Waals surface area contributed by atoms with E-state index >= 15 is 0 Å². The molecule has 6 heteroatoms. The summed E-state index contributed by atoms with van der Waals surface area (Å²) in [7, 11) is 2.07. The van der Waals surface area contributed by atoms with Gasteiger partial charge in [-0.1, -0.05) is 32.0 Å². The van der Waals surface area contributed by atoms with Crippen molar-refractivity contribution in [1.29, 1.82) is 0 Å². The fraction of sp³-hybridized carbons (Fsp3) is 0.435. The number of halogens is 1. The third-order valence-corrected chi connectivity index (χ3v) is 6.99. The van der Waals surface area contributed by atoms with Crippen LogP contribution in [0.2, 0.25) is 0 Å². The minimum atomic E-state index is -0.241. The SMILES string of the molecule is CC(C)C(=O)N1CCc2cc(SN(C)C3(c4ccc(F)cc4)COC3)ccc2C1. The Labute approximate surface area is 176 Å². The van der Waals surface area contributed by atoms with Crippen molar-refractivity contribution in [3.63, 3.8) is 0 Å². The van der Waals surface area contributed by atoms with E-state index in [1.165, 1.54) is 28.2 Å². The maximum absolute atomic E-state index is 13.4. The van der Waals surface area contributed by atoms with Crippen LogP contribution in [0.25, 0.3) is 0 Å². The minimum absolute atomic E-state index is 0.0346. The lowest BCUT2D eigenvalue weighted by atomic mass is 9.88. The second-order valence-corrected chi connectivity index (χ2v) is 9.42. The first-order valence-electron chi connectivity index (χ1n) is 10.1. The molecule has 1 saturated heterocycles. The number of carbonyl (C=O) groups excluding carboxylic acids is 1. The van der Waals surface area contributed by atoms with Crippen LogP contribution in [0.15, 0.2) is 47.4 Å². The summed E-state index contributed by atoms with van der Waals surface area (Å²) in [5, 5.41) is 0. The van der Waals surface area contributed by atoms with E-state index in [4.69, 9.17) is 4.74 Å². The zero-order valence-corrected chi connectivity index (χ0v) is 18.0. The number of amides is 1. The van der Waals surface area contributed by atoms with Gasteiger partial charge in [0, 0.05) is 23.9 Å². The molecule has 2 aliphatic rings. The second-order valence-electron chi connectivity index (χ2n) is 8.22. The molecule has 0 aromatic heterocycles. The molecule has 0 N–H and O–H groups in total. The number of carbonyl (C=O) groups is 1. The van der Waals surface area contributed by atoms with E-state index in [-0.39, 0.29) is 23.2 Å². The number of fused-ring (bicyclic) bond motifs is 1. The molecule has 0 saturated carbocycles. The lowest BCUT2D eigenvalue weighted by Crippen LogP contribution is -2.55. The molecule has 2 aromatic rings. The highest BCUT2D eigenvalue weighted by Crippen LogP contribution is 2.41. The summed E-state index contributed by atoms with van der Waals surface area (Å²) in [4.78, 5) is 15.4. The minimum Gasteiger partial charge on any atom is -0.377 e. The summed E-state index contributed by atoms with van der Waals surface area (Å²) in [6.45, 7) is 6.57. The van der Waals surface area contributed by atoms with Gasteiger partial charge in [-0.05, 0) is 66.4 Å². The first-order chi connectivity index (χ1) is 13.9. The summed E-state index contributed by atoms with van der Waals surface area (Å²) in [6.07, 6.45) is 0.887. The zero-order chi connectivity index (χ0) is 20.6. The Morgan fingerprint density at radius 3 is 2.52 bits per heavy atom. The Morgan fingerprint density at radius 1 is 1.17 bits per heavy atom. The van der Waals surface area contributed by atoms with E-state index in [0.29, 0.717) is 19.8 Å². The molecule has 154 valence electrons. The van der Waals surface area contributed by atoms with Crippen LogP contribution in [0.4, 0.5) is 4.39 Å². The van der Waals surface area contributed by atoms with E-state index in [1.807, 2.05) is 30.9 Å². The number of rotatable bonds is 5. The first kappa shape index (κ1) is 20.4. The highest BCUT2D eigenvalue weighted by molar-refractivity contribution is 7.97. The average Bonchev–Trinajstić information content (AvgIpc) is 2.67. The molecule has 2 aliphatic heterocycles. The number of nitrogens with zero attached hydrogens (tertiary/aromatic N) is 2. The lowest BCUT2D eigenvalue weighted by molar-refractivity contribution is -0.135. The van der Waals surface area contributed by atoms with Crippen LogP contribution in [-0.2, 0) is 28.0 Å². The van der Waals surface area contributed by atoms with Crippen molar-refractivity contribution in [1.82, 2.24) is 9.21 Å². The second kappa shape index (κ2) is 8.09. The van der Waals surface area contributed by atoms with Crippen molar-refractivity contribution in [2.75, 3.05) is 26.8 Å². The molecular formula is C23H27FN2O2S. The zero-order valence-electron chi connectivity index (χ0n) is 17.2. The van der Waals surface area contributed by atoms with Crippen LogP contribution in [0, 0.1) is 11.7 Å². The van der Waals surface area contributed by atoms with Crippen molar-refractivity contribution in [2.45, 2.75) is 37.2 Å². The molecule has 0 unspecified atom stereocenters. The Bertz CT molecular complexity index is 896. The molecule has 1 amide bonds. The predicted molar refractivity (Wildman–Crippen MR) is 113 cm³/mol. The normalized spacial score (nSPS) is 17.9. The molecule has 2 heterocycles. The molecule has 2 aromatic carbocycles. The summed E-state index contributed by atoms with van der Waals surface area (Å²) < 4.78 is 21.1. The molecule has 0 radical (unpaired) electrons. The molecular weight excluding hydrogens is 387 g/mol. The van der Waals surface area contributed by atoms with E-state index in [2.05, 4.69) is 29.6 Å². The molecule has 0 spiro atoms. The number of hydrogen-bond acceptors (Lipinski definition) is 4. The number of likely N-dealkylation sites (N-methyl/N-ethyl adjacent to an activating group) is 1. The smallest absolute Gasteiger partial charge is 0.225 e. The van der Waals surface area contributed by atoms with Gasteiger partial charge in [-0.3, -0.25) is 4.79 Å². The monoisotopic (exact) mass is 414 g/mol. The first-order valence-corrected chi connectivity index (χ1v) is 10.8. The fourth-order valence-corrected chi connectivity index (χ4v) is 5.00. The fourth-order valence-electron chi connectivity index (χ4n) is 3.97. The summed E-state index contributed by atoms with van der Waals surface area (Å²) in [5.41, 5.74) is 3.38. The number of benzene rings is 2. The van der Waals surface area contributed by atoms with Gasteiger partial charge >= 0.3 is 0 Å². The Morgan fingerprint density at radius 2 is 1.90 bits per heavy atom. The van der Waals surface area contributed by atoms with E-state index in [1.54, 1.807) is 11.9 Å².